The summed E-state index contributed by atoms with van der Waals surface area (Å²) < 4.78 is 27.1. The molecule has 2 rings (SSSR count). The van der Waals surface area contributed by atoms with Gasteiger partial charge in [-0.2, -0.15) is 0 Å². The molecule has 0 radical (unpaired) electrons. The molecule has 0 saturated heterocycles. The highest BCUT2D eigenvalue weighted by atomic mass is 32.2. The molecule has 0 unspecified atom stereocenters. The Hall–Kier alpha value is -1.44. The molecule has 0 spiro atoms. The van der Waals surface area contributed by atoms with Crippen molar-refractivity contribution in [3.05, 3.63) is 29.8 Å². The molecule has 110 valence electrons. The number of hydrogen-bond acceptors (Lipinski definition) is 4. The third-order valence-corrected chi connectivity index (χ3v) is 5.08. The van der Waals surface area contributed by atoms with Gasteiger partial charge < -0.3 is 11.5 Å². The molecule has 0 bridgehead atoms. The normalized spacial score (nSPS) is 23.4. The molecule has 0 heterocycles. The van der Waals surface area contributed by atoms with Crippen LogP contribution in [0.15, 0.2) is 29.2 Å². The summed E-state index contributed by atoms with van der Waals surface area (Å²) in [5.74, 6) is -0.587. The van der Waals surface area contributed by atoms with E-state index in [1.54, 1.807) is 0 Å². The van der Waals surface area contributed by atoms with Crippen molar-refractivity contribution in [3.8, 4) is 0 Å². The highest BCUT2D eigenvalue weighted by Gasteiger charge is 2.27. The highest BCUT2D eigenvalue weighted by Crippen LogP contribution is 2.19. The van der Waals surface area contributed by atoms with Crippen LogP contribution in [0.25, 0.3) is 0 Å². The molecular formula is C13H19N3O3S. The number of sulfonamides is 1. The lowest BCUT2D eigenvalue weighted by Crippen LogP contribution is -2.49. The minimum atomic E-state index is -3.62. The first kappa shape index (κ1) is 15.0. The number of rotatable bonds is 4. The Balaban J connectivity index is 2.15. The van der Waals surface area contributed by atoms with Crippen LogP contribution < -0.4 is 16.2 Å². The molecule has 1 aliphatic carbocycles. The number of benzene rings is 1. The Morgan fingerprint density at radius 1 is 1.15 bits per heavy atom. The standard InChI is InChI=1S/C13H19N3O3S/c14-11-3-1-2-4-12(11)16-20(18,19)10-7-5-9(6-8-10)13(15)17/h5-8,11-12,16H,1-4,14H2,(H2,15,17)/t11-,12-/m1/s1. The Morgan fingerprint density at radius 2 is 1.75 bits per heavy atom. The molecule has 1 saturated carbocycles. The fourth-order valence-electron chi connectivity index (χ4n) is 2.37. The lowest BCUT2D eigenvalue weighted by Gasteiger charge is -2.29. The smallest absolute Gasteiger partial charge is 0.248 e. The average Bonchev–Trinajstić information content (AvgIpc) is 2.41. The van der Waals surface area contributed by atoms with Crippen LogP contribution in [0, 0.1) is 0 Å². The molecule has 1 amide bonds. The summed E-state index contributed by atoms with van der Waals surface area (Å²) in [5, 5.41) is 0. The third kappa shape index (κ3) is 3.36. The van der Waals surface area contributed by atoms with Crippen LogP contribution in [0.2, 0.25) is 0 Å². The largest absolute Gasteiger partial charge is 0.366 e. The number of nitrogens with two attached hydrogens (primary N) is 2. The van der Waals surface area contributed by atoms with E-state index in [0.29, 0.717) is 0 Å². The minimum absolute atomic E-state index is 0.111. The second-order valence-electron chi connectivity index (χ2n) is 5.06. The molecule has 6 nitrogen and oxygen atoms in total. The molecule has 1 aliphatic rings. The molecule has 2 atom stereocenters. The zero-order valence-corrected chi connectivity index (χ0v) is 11.9. The van der Waals surface area contributed by atoms with Gasteiger partial charge in [-0.1, -0.05) is 12.8 Å². The van der Waals surface area contributed by atoms with Gasteiger partial charge in [-0.15, -0.1) is 0 Å². The van der Waals surface area contributed by atoms with E-state index < -0.39 is 15.9 Å². The molecule has 1 aromatic rings. The van der Waals surface area contributed by atoms with Crippen LogP contribution in [0.1, 0.15) is 36.0 Å². The van der Waals surface area contributed by atoms with Gasteiger partial charge in [0.1, 0.15) is 0 Å². The zero-order chi connectivity index (χ0) is 14.8. The van der Waals surface area contributed by atoms with E-state index in [0.717, 1.165) is 25.7 Å². The maximum absolute atomic E-state index is 12.2. The van der Waals surface area contributed by atoms with E-state index in [9.17, 15) is 13.2 Å². The van der Waals surface area contributed by atoms with Crippen molar-refractivity contribution < 1.29 is 13.2 Å². The Kier molecular flexibility index (Phi) is 4.42. The number of amides is 1. The van der Waals surface area contributed by atoms with E-state index in [1.165, 1.54) is 24.3 Å². The van der Waals surface area contributed by atoms with Gasteiger partial charge in [0, 0.05) is 17.6 Å². The minimum Gasteiger partial charge on any atom is -0.366 e. The van der Waals surface area contributed by atoms with Crippen LogP contribution in [0.4, 0.5) is 0 Å². The lowest BCUT2D eigenvalue weighted by molar-refractivity contribution is 0.1000. The summed E-state index contributed by atoms with van der Waals surface area (Å²) in [6.07, 6.45) is 3.59. The van der Waals surface area contributed by atoms with Gasteiger partial charge in [-0.3, -0.25) is 4.79 Å². The summed E-state index contributed by atoms with van der Waals surface area (Å²) in [5.41, 5.74) is 11.3. The number of primary amides is 1. The number of hydrogen-bond donors (Lipinski definition) is 3. The molecule has 7 heteroatoms. The van der Waals surface area contributed by atoms with Crippen molar-refractivity contribution in [2.24, 2.45) is 11.5 Å². The quantitative estimate of drug-likeness (QED) is 0.743. The maximum atomic E-state index is 12.2. The summed E-state index contributed by atoms with van der Waals surface area (Å²) >= 11 is 0. The number of carbonyl (C=O) groups excluding carboxylic acids is 1. The van der Waals surface area contributed by atoms with Crippen LogP contribution in [0.3, 0.4) is 0 Å². The SMILES string of the molecule is NC(=O)c1ccc(S(=O)(=O)N[C@@H]2CCCC[C@H]2N)cc1. The van der Waals surface area contributed by atoms with E-state index >= 15 is 0 Å². The first-order valence-corrected chi connectivity index (χ1v) is 8.06. The summed E-state index contributed by atoms with van der Waals surface area (Å²) in [6.45, 7) is 0. The molecular weight excluding hydrogens is 278 g/mol. The highest BCUT2D eigenvalue weighted by molar-refractivity contribution is 7.89. The van der Waals surface area contributed by atoms with E-state index in [-0.39, 0.29) is 22.5 Å². The van der Waals surface area contributed by atoms with Gasteiger partial charge in [-0.05, 0) is 37.1 Å². The third-order valence-electron chi connectivity index (χ3n) is 3.58. The Morgan fingerprint density at radius 3 is 2.30 bits per heavy atom. The first-order chi connectivity index (χ1) is 9.40. The van der Waals surface area contributed by atoms with Gasteiger partial charge in [0.25, 0.3) is 0 Å². The van der Waals surface area contributed by atoms with Crippen LogP contribution in [-0.4, -0.2) is 26.4 Å². The van der Waals surface area contributed by atoms with Crippen LogP contribution in [-0.2, 0) is 10.0 Å². The first-order valence-electron chi connectivity index (χ1n) is 6.58. The maximum Gasteiger partial charge on any atom is 0.248 e. The Bertz CT molecular complexity index is 583. The van der Waals surface area contributed by atoms with E-state index in [2.05, 4.69) is 4.72 Å². The molecule has 1 fully saturated rings. The van der Waals surface area contributed by atoms with Crippen molar-refractivity contribution in [3.63, 3.8) is 0 Å². The molecule has 5 N–H and O–H groups in total. The predicted molar refractivity (Wildman–Crippen MR) is 75.5 cm³/mol. The van der Waals surface area contributed by atoms with Crippen LogP contribution in [0.5, 0.6) is 0 Å². The molecule has 1 aromatic carbocycles. The van der Waals surface area contributed by atoms with Crippen molar-refractivity contribution in [1.29, 1.82) is 0 Å². The fraction of sp³-hybridized carbons (Fsp3) is 0.462. The predicted octanol–water partition coefficient (Wildman–Crippen LogP) is 0.334. The monoisotopic (exact) mass is 297 g/mol. The van der Waals surface area contributed by atoms with Gasteiger partial charge in [-0.25, -0.2) is 13.1 Å². The van der Waals surface area contributed by atoms with E-state index in [1.807, 2.05) is 0 Å². The average molecular weight is 297 g/mol. The van der Waals surface area contributed by atoms with Crippen molar-refractivity contribution in [2.45, 2.75) is 42.7 Å². The lowest BCUT2D eigenvalue weighted by atomic mass is 9.92. The number of carbonyl (C=O) groups is 1. The van der Waals surface area contributed by atoms with Gasteiger partial charge in [0.2, 0.25) is 15.9 Å². The number of nitrogens with one attached hydrogen (secondary N) is 1. The van der Waals surface area contributed by atoms with Gasteiger partial charge in [0.15, 0.2) is 0 Å². The summed E-state index contributed by atoms with van der Waals surface area (Å²) in [7, 11) is -3.62. The summed E-state index contributed by atoms with van der Waals surface area (Å²) in [4.78, 5) is 11.1. The van der Waals surface area contributed by atoms with Crippen molar-refractivity contribution in [2.75, 3.05) is 0 Å². The second-order valence-corrected chi connectivity index (χ2v) is 6.78. The van der Waals surface area contributed by atoms with Gasteiger partial charge >= 0.3 is 0 Å². The Labute approximate surface area is 118 Å². The molecule has 0 aromatic heterocycles. The second kappa shape index (κ2) is 5.90. The fourth-order valence-corrected chi connectivity index (χ4v) is 3.69. The van der Waals surface area contributed by atoms with Crippen molar-refractivity contribution in [1.82, 2.24) is 4.72 Å². The molecule has 0 aliphatic heterocycles. The topological polar surface area (TPSA) is 115 Å². The molecule has 20 heavy (non-hydrogen) atoms. The van der Waals surface area contributed by atoms with Crippen LogP contribution >= 0.6 is 0 Å². The summed E-state index contributed by atoms with van der Waals surface area (Å²) in [6, 6.07) is 5.16. The van der Waals surface area contributed by atoms with E-state index in [4.69, 9.17) is 11.5 Å². The van der Waals surface area contributed by atoms with Gasteiger partial charge in [0.05, 0.1) is 4.90 Å². The van der Waals surface area contributed by atoms with Crippen molar-refractivity contribution >= 4 is 15.9 Å². The zero-order valence-electron chi connectivity index (χ0n) is 11.1.